The number of Topliss-reactive ketones (excluding diaryl/α,β-unsaturated/α-hetero) is 2. The molecule has 0 aliphatic carbocycles. The van der Waals surface area contributed by atoms with Gasteiger partial charge in [0.15, 0.2) is 0 Å². The molecule has 2 nitrogen and oxygen atoms in total. The first-order chi connectivity index (χ1) is 4.57. The first kappa shape index (κ1) is 9.34. The summed E-state index contributed by atoms with van der Waals surface area (Å²) in [5.74, 6) is 0.178. The fraction of sp³-hybridized carbons (Fsp3) is 0.750. The van der Waals surface area contributed by atoms with Gasteiger partial charge >= 0.3 is 0 Å². The third-order valence-electron chi connectivity index (χ3n) is 1.62. The minimum Gasteiger partial charge on any atom is -0.300 e. The molecule has 0 spiro atoms. The Labute approximate surface area is 61.6 Å². The zero-order chi connectivity index (χ0) is 8.15. The largest absolute Gasteiger partial charge is 0.300 e. The van der Waals surface area contributed by atoms with E-state index in [4.69, 9.17) is 0 Å². The van der Waals surface area contributed by atoms with Crippen molar-refractivity contribution in [1.82, 2.24) is 0 Å². The van der Waals surface area contributed by atoms with Crippen molar-refractivity contribution in [2.45, 2.75) is 33.6 Å². The predicted octanol–water partition coefficient (Wildman–Crippen LogP) is 1.58. The Morgan fingerprint density at radius 2 is 1.90 bits per heavy atom. The molecule has 0 aromatic heterocycles. The average molecular weight is 142 g/mol. The first-order valence-electron chi connectivity index (χ1n) is 3.60. The molecule has 0 N–H and O–H groups in total. The van der Waals surface area contributed by atoms with Crippen LogP contribution in [-0.2, 0) is 9.59 Å². The van der Waals surface area contributed by atoms with Crippen molar-refractivity contribution in [3.05, 3.63) is 0 Å². The molecule has 0 unspecified atom stereocenters. The van der Waals surface area contributed by atoms with Gasteiger partial charge in [0, 0.05) is 18.8 Å². The highest BCUT2D eigenvalue weighted by atomic mass is 16.1. The van der Waals surface area contributed by atoms with Crippen LogP contribution < -0.4 is 0 Å². The van der Waals surface area contributed by atoms with E-state index in [1.54, 1.807) is 6.92 Å². The normalized spacial score (nSPS) is 12.7. The number of hydrogen-bond acceptors (Lipinski definition) is 2. The summed E-state index contributed by atoms with van der Waals surface area (Å²) in [6.07, 6.45) is 0.948. The summed E-state index contributed by atoms with van der Waals surface area (Å²) >= 11 is 0. The summed E-state index contributed by atoms with van der Waals surface area (Å²) in [7, 11) is 0. The highest BCUT2D eigenvalue weighted by Gasteiger charge is 2.10. The second kappa shape index (κ2) is 4.20. The Morgan fingerprint density at radius 3 is 2.20 bits per heavy atom. The number of ketones is 2. The summed E-state index contributed by atoms with van der Waals surface area (Å²) in [4.78, 5) is 21.4. The Bertz CT molecular complexity index is 138. The van der Waals surface area contributed by atoms with Crippen molar-refractivity contribution >= 4 is 11.6 Å². The van der Waals surface area contributed by atoms with Crippen molar-refractivity contribution in [1.29, 1.82) is 0 Å². The second-order valence-corrected chi connectivity index (χ2v) is 2.61. The topological polar surface area (TPSA) is 34.1 Å². The summed E-state index contributed by atoms with van der Waals surface area (Å²) < 4.78 is 0. The van der Waals surface area contributed by atoms with Crippen LogP contribution in [0.25, 0.3) is 0 Å². The average Bonchev–Trinajstić information content (AvgIpc) is 1.87. The minimum atomic E-state index is -0.0903. The maximum Gasteiger partial charge on any atom is 0.133 e. The molecule has 58 valence electrons. The lowest BCUT2D eigenvalue weighted by atomic mass is 10.00. The van der Waals surface area contributed by atoms with Crippen LogP contribution in [0.4, 0.5) is 0 Å². The van der Waals surface area contributed by atoms with E-state index in [0.29, 0.717) is 12.8 Å². The molecule has 0 rings (SSSR count). The smallest absolute Gasteiger partial charge is 0.133 e. The molecular weight excluding hydrogens is 128 g/mol. The monoisotopic (exact) mass is 142 g/mol. The van der Waals surface area contributed by atoms with Crippen LogP contribution in [0.15, 0.2) is 0 Å². The Morgan fingerprint density at radius 1 is 1.40 bits per heavy atom. The number of hydrogen-bond donors (Lipinski definition) is 0. The molecule has 0 bridgehead atoms. The number of carbonyl (C=O) groups is 2. The van der Waals surface area contributed by atoms with Gasteiger partial charge < -0.3 is 0 Å². The highest BCUT2D eigenvalue weighted by molar-refractivity contribution is 5.86. The molecule has 2 heteroatoms. The predicted molar refractivity (Wildman–Crippen MR) is 39.8 cm³/mol. The lowest BCUT2D eigenvalue weighted by Gasteiger charge is -2.03. The van der Waals surface area contributed by atoms with E-state index in [0.717, 1.165) is 0 Å². The molecule has 10 heavy (non-hydrogen) atoms. The maximum atomic E-state index is 10.8. The van der Waals surface area contributed by atoms with Crippen molar-refractivity contribution in [3.63, 3.8) is 0 Å². The van der Waals surface area contributed by atoms with Crippen molar-refractivity contribution < 1.29 is 9.59 Å². The third kappa shape index (κ3) is 3.38. The van der Waals surface area contributed by atoms with E-state index in [1.807, 2.05) is 6.92 Å². The van der Waals surface area contributed by atoms with Gasteiger partial charge in [-0.25, -0.2) is 0 Å². The summed E-state index contributed by atoms with van der Waals surface area (Å²) in [6.45, 7) is 5.12. The van der Waals surface area contributed by atoms with Crippen LogP contribution in [0, 0.1) is 5.92 Å². The molecule has 0 aliphatic heterocycles. The molecule has 0 aromatic rings. The summed E-state index contributed by atoms with van der Waals surface area (Å²) in [5.41, 5.74) is 0. The lowest BCUT2D eigenvalue weighted by molar-refractivity contribution is -0.126. The summed E-state index contributed by atoms with van der Waals surface area (Å²) in [5, 5.41) is 0. The number of rotatable bonds is 4. The van der Waals surface area contributed by atoms with Gasteiger partial charge in [-0.05, 0) is 6.92 Å². The van der Waals surface area contributed by atoms with Gasteiger partial charge in [0.25, 0.3) is 0 Å². The molecule has 0 aromatic carbocycles. The van der Waals surface area contributed by atoms with E-state index >= 15 is 0 Å². The van der Waals surface area contributed by atoms with Gasteiger partial charge in [-0.1, -0.05) is 13.8 Å². The molecular formula is C8H14O2. The van der Waals surface area contributed by atoms with Crippen LogP contribution in [0.5, 0.6) is 0 Å². The molecule has 0 saturated carbocycles. The summed E-state index contributed by atoms with van der Waals surface area (Å²) in [6, 6.07) is 0. The van der Waals surface area contributed by atoms with E-state index in [9.17, 15) is 9.59 Å². The van der Waals surface area contributed by atoms with Gasteiger partial charge in [-0.2, -0.15) is 0 Å². The van der Waals surface area contributed by atoms with E-state index in [1.165, 1.54) is 6.92 Å². The fourth-order valence-electron chi connectivity index (χ4n) is 0.630. The quantitative estimate of drug-likeness (QED) is 0.597. The molecule has 0 radical (unpaired) electrons. The van der Waals surface area contributed by atoms with Gasteiger partial charge in [-0.15, -0.1) is 0 Å². The first-order valence-corrected chi connectivity index (χ1v) is 3.60. The second-order valence-electron chi connectivity index (χ2n) is 2.61. The van der Waals surface area contributed by atoms with Crippen molar-refractivity contribution in [2.24, 2.45) is 5.92 Å². The molecule has 1 atom stereocenters. The Hall–Kier alpha value is -0.660. The fourth-order valence-corrected chi connectivity index (χ4v) is 0.630. The van der Waals surface area contributed by atoms with E-state index in [2.05, 4.69) is 0 Å². The van der Waals surface area contributed by atoms with Gasteiger partial charge in [0.05, 0.1) is 0 Å². The van der Waals surface area contributed by atoms with Gasteiger partial charge in [-0.3, -0.25) is 9.59 Å². The number of carbonyl (C=O) groups excluding carboxylic acids is 2. The minimum absolute atomic E-state index is 0.0903. The van der Waals surface area contributed by atoms with Crippen LogP contribution in [0.2, 0.25) is 0 Å². The van der Waals surface area contributed by atoms with Crippen LogP contribution >= 0.6 is 0 Å². The maximum absolute atomic E-state index is 10.8. The van der Waals surface area contributed by atoms with Crippen molar-refractivity contribution in [3.8, 4) is 0 Å². The molecule has 0 heterocycles. The zero-order valence-electron chi connectivity index (χ0n) is 6.81. The SMILES string of the molecule is CCC(=O)C[C@H](C)C(C)=O. The third-order valence-corrected chi connectivity index (χ3v) is 1.62. The van der Waals surface area contributed by atoms with Crippen LogP contribution in [-0.4, -0.2) is 11.6 Å². The van der Waals surface area contributed by atoms with E-state index < -0.39 is 0 Å². The van der Waals surface area contributed by atoms with E-state index in [-0.39, 0.29) is 17.5 Å². The molecule has 0 amide bonds. The van der Waals surface area contributed by atoms with Crippen LogP contribution in [0.3, 0.4) is 0 Å². The molecule has 0 fully saturated rings. The van der Waals surface area contributed by atoms with Crippen molar-refractivity contribution in [2.75, 3.05) is 0 Å². The zero-order valence-corrected chi connectivity index (χ0v) is 6.81. The Balaban J connectivity index is 3.68. The van der Waals surface area contributed by atoms with Gasteiger partial charge in [0.2, 0.25) is 0 Å². The molecule has 0 aliphatic rings. The van der Waals surface area contributed by atoms with Crippen LogP contribution in [0.1, 0.15) is 33.6 Å². The van der Waals surface area contributed by atoms with Gasteiger partial charge in [0.1, 0.15) is 11.6 Å². The standard InChI is InChI=1S/C8H14O2/c1-4-8(10)5-6(2)7(3)9/h6H,4-5H2,1-3H3/t6-/m0/s1. The lowest BCUT2D eigenvalue weighted by Crippen LogP contribution is -2.11. The Kier molecular flexibility index (Phi) is 3.93. The molecule has 0 saturated heterocycles. The highest BCUT2D eigenvalue weighted by Crippen LogP contribution is 2.04.